The number of imide groups is 1. The summed E-state index contributed by atoms with van der Waals surface area (Å²) in [6, 6.07) is 5.46. The van der Waals surface area contributed by atoms with Crippen LogP contribution in [0.1, 0.15) is 41.0 Å². The zero-order valence-electron chi connectivity index (χ0n) is 13.3. The number of amides is 2. The molecule has 24 heavy (non-hydrogen) atoms. The summed E-state index contributed by atoms with van der Waals surface area (Å²) in [7, 11) is 0. The number of rotatable bonds is 6. The molecule has 2 amide bonds. The van der Waals surface area contributed by atoms with E-state index in [9.17, 15) is 19.7 Å². The highest BCUT2D eigenvalue weighted by Crippen LogP contribution is 2.22. The second kappa shape index (κ2) is 7.03. The van der Waals surface area contributed by atoms with Gasteiger partial charge in [0.15, 0.2) is 0 Å². The molecule has 2 rings (SSSR count). The minimum atomic E-state index is -0.950. The minimum Gasteiger partial charge on any atom is -0.411 e. The molecule has 126 valence electrons. The Bertz CT molecular complexity index is 719. The molecule has 1 N–H and O–H groups in total. The third-order valence-corrected chi connectivity index (χ3v) is 3.94. The lowest BCUT2D eigenvalue weighted by atomic mass is 10.0. The predicted octanol–water partition coefficient (Wildman–Crippen LogP) is 2.11. The lowest BCUT2D eigenvalue weighted by Crippen LogP contribution is -2.34. The number of nitrogens with zero attached hydrogens (tertiary/aromatic N) is 3. The first-order valence-electron chi connectivity index (χ1n) is 7.40. The summed E-state index contributed by atoms with van der Waals surface area (Å²) >= 11 is 0. The maximum Gasteiger partial charge on any atom is 0.261 e. The van der Waals surface area contributed by atoms with Gasteiger partial charge in [0.1, 0.15) is 0 Å². The molecular weight excluding hydrogens is 314 g/mol. The van der Waals surface area contributed by atoms with Crippen molar-refractivity contribution in [2.45, 2.75) is 26.3 Å². The van der Waals surface area contributed by atoms with Crippen LogP contribution in [0.25, 0.3) is 0 Å². The summed E-state index contributed by atoms with van der Waals surface area (Å²) < 4.78 is 0. The molecule has 0 fully saturated rings. The van der Waals surface area contributed by atoms with E-state index in [-0.39, 0.29) is 23.4 Å². The van der Waals surface area contributed by atoms with Gasteiger partial charge in [0, 0.05) is 17.4 Å². The Labute approximate surface area is 138 Å². The van der Waals surface area contributed by atoms with Gasteiger partial charge in [-0.25, -0.2) is 0 Å². The number of carbonyl (C=O) groups is 2. The van der Waals surface area contributed by atoms with Crippen molar-refractivity contribution < 1.29 is 19.7 Å². The molecule has 0 saturated heterocycles. The number of carbonyl (C=O) groups excluding carboxylic acids is 2. The van der Waals surface area contributed by atoms with Crippen LogP contribution in [0.3, 0.4) is 0 Å². The highest BCUT2D eigenvalue weighted by atomic mass is 16.6. The maximum atomic E-state index is 12.3. The standard InChI is InChI=1S/C16H17N3O5/c1-3-11(10(2)19(23)24)8-12(17-22)9-18-15(20)13-6-4-5-7-14(13)16(18)21/h4-8,10,22H,3,9H2,1-2H3. The zero-order chi connectivity index (χ0) is 17.9. The van der Waals surface area contributed by atoms with Gasteiger partial charge < -0.3 is 5.21 Å². The van der Waals surface area contributed by atoms with Crippen LogP contribution < -0.4 is 0 Å². The van der Waals surface area contributed by atoms with Gasteiger partial charge >= 0.3 is 0 Å². The minimum absolute atomic E-state index is 0.00931. The Balaban J connectivity index is 2.25. The van der Waals surface area contributed by atoms with E-state index in [1.807, 2.05) is 0 Å². The Kier molecular flexibility index (Phi) is 5.08. The lowest BCUT2D eigenvalue weighted by Gasteiger charge is -2.14. The number of fused-ring (bicyclic) bond motifs is 1. The molecule has 1 aromatic rings. The van der Waals surface area contributed by atoms with E-state index >= 15 is 0 Å². The number of nitro groups is 1. The van der Waals surface area contributed by atoms with Crippen molar-refractivity contribution in [3.05, 3.63) is 57.2 Å². The van der Waals surface area contributed by atoms with E-state index < -0.39 is 22.8 Å². The number of oxime groups is 1. The summed E-state index contributed by atoms with van der Waals surface area (Å²) in [6.45, 7) is 2.91. The summed E-state index contributed by atoms with van der Waals surface area (Å²) in [5.74, 6) is -0.962. The quantitative estimate of drug-likeness (QED) is 0.282. The molecule has 8 heteroatoms. The average molecular weight is 331 g/mol. The van der Waals surface area contributed by atoms with E-state index in [1.165, 1.54) is 13.0 Å². The van der Waals surface area contributed by atoms with Crippen molar-refractivity contribution in [2.24, 2.45) is 5.16 Å². The Hall–Kier alpha value is -3.03. The average Bonchev–Trinajstić information content (AvgIpc) is 2.82. The van der Waals surface area contributed by atoms with Crippen LogP contribution in [0.4, 0.5) is 0 Å². The first-order valence-corrected chi connectivity index (χ1v) is 7.40. The maximum absolute atomic E-state index is 12.3. The van der Waals surface area contributed by atoms with Gasteiger partial charge in [-0.15, -0.1) is 0 Å². The van der Waals surface area contributed by atoms with Gasteiger partial charge in [0.05, 0.1) is 23.4 Å². The van der Waals surface area contributed by atoms with Crippen LogP contribution in [-0.2, 0) is 0 Å². The second-order valence-electron chi connectivity index (χ2n) is 5.37. The van der Waals surface area contributed by atoms with Gasteiger partial charge in [-0.3, -0.25) is 24.6 Å². The monoisotopic (exact) mass is 331 g/mol. The molecule has 8 nitrogen and oxygen atoms in total. The summed E-state index contributed by atoms with van der Waals surface area (Å²) in [5.41, 5.74) is 1.02. The molecule has 1 aromatic carbocycles. The van der Waals surface area contributed by atoms with Crippen molar-refractivity contribution in [3.8, 4) is 0 Å². The SMILES string of the molecule is CCC(=CC(CN1C(=O)c2ccccc2C1=O)=NO)C(C)[N+](=O)[O-]. The molecule has 0 radical (unpaired) electrons. The van der Waals surface area contributed by atoms with E-state index in [2.05, 4.69) is 5.16 Å². The third-order valence-electron chi connectivity index (χ3n) is 3.94. The molecular formula is C16H17N3O5. The Morgan fingerprint density at radius 3 is 2.29 bits per heavy atom. The van der Waals surface area contributed by atoms with Gasteiger partial charge in [0.25, 0.3) is 11.8 Å². The summed E-state index contributed by atoms with van der Waals surface area (Å²) in [5, 5.41) is 23.2. The van der Waals surface area contributed by atoms with Crippen LogP contribution in [-0.4, -0.2) is 45.1 Å². The largest absolute Gasteiger partial charge is 0.411 e. The van der Waals surface area contributed by atoms with Gasteiger partial charge in [-0.05, 0) is 24.6 Å². The van der Waals surface area contributed by atoms with Crippen LogP contribution in [0.2, 0.25) is 0 Å². The highest BCUT2D eigenvalue weighted by molar-refractivity contribution is 6.23. The Morgan fingerprint density at radius 1 is 1.33 bits per heavy atom. The Morgan fingerprint density at radius 2 is 1.88 bits per heavy atom. The fourth-order valence-electron chi connectivity index (χ4n) is 2.52. The predicted molar refractivity (Wildman–Crippen MR) is 85.9 cm³/mol. The van der Waals surface area contributed by atoms with Crippen LogP contribution in [0.15, 0.2) is 41.1 Å². The summed E-state index contributed by atoms with van der Waals surface area (Å²) in [4.78, 5) is 36.0. The zero-order valence-corrected chi connectivity index (χ0v) is 13.3. The fraction of sp³-hybridized carbons (Fsp3) is 0.312. The lowest BCUT2D eigenvalue weighted by molar-refractivity contribution is -0.507. The van der Waals surface area contributed by atoms with Gasteiger partial charge in [-0.1, -0.05) is 24.2 Å². The first kappa shape index (κ1) is 17.3. The smallest absolute Gasteiger partial charge is 0.261 e. The molecule has 1 heterocycles. The van der Waals surface area contributed by atoms with Crippen LogP contribution in [0.5, 0.6) is 0 Å². The molecule has 1 aliphatic heterocycles. The third kappa shape index (κ3) is 3.17. The highest BCUT2D eigenvalue weighted by Gasteiger charge is 2.35. The fourth-order valence-corrected chi connectivity index (χ4v) is 2.52. The molecule has 0 bridgehead atoms. The van der Waals surface area contributed by atoms with Crippen molar-refractivity contribution >= 4 is 17.5 Å². The van der Waals surface area contributed by atoms with Gasteiger partial charge in [-0.2, -0.15) is 0 Å². The topological polar surface area (TPSA) is 113 Å². The van der Waals surface area contributed by atoms with Gasteiger partial charge in [0.2, 0.25) is 6.04 Å². The normalized spacial score (nSPS) is 16.3. The van der Waals surface area contributed by atoms with E-state index in [4.69, 9.17) is 5.21 Å². The first-order chi connectivity index (χ1) is 11.4. The summed E-state index contributed by atoms with van der Waals surface area (Å²) in [6.07, 6.45) is 1.74. The molecule has 0 saturated carbocycles. The van der Waals surface area contributed by atoms with E-state index in [0.717, 1.165) is 4.90 Å². The number of hydrogen-bond donors (Lipinski definition) is 1. The van der Waals surface area contributed by atoms with E-state index in [0.29, 0.717) is 12.0 Å². The molecule has 1 aliphatic rings. The molecule has 0 spiro atoms. The second-order valence-corrected chi connectivity index (χ2v) is 5.37. The number of hydrogen-bond acceptors (Lipinski definition) is 6. The molecule has 1 atom stereocenters. The van der Waals surface area contributed by atoms with Crippen molar-refractivity contribution in [1.29, 1.82) is 0 Å². The van der Waals surface area contributed by atoms with Crippen molar-refractivity contribution in [3.63, 3.8) is 0 Å². The van der Waals surface area contributed by atoms with E-state index in [1.54, 1.807) is 31.2 Å². The van der Waals surface area contributed by atoms with Crippen molar-refractivity contribution in [1.82, 2.24) is 4.90 Å². The molecule has 0 aromatic heterocycles. The molecule has 1 unspecified atom stereocenters. The van der Waals surface area contributed by atoms with Crippen LogP contribution >= 0.6 is 0 Å². The number of benzene rings is 1. The van der Waals surface area contributed by atoms with Crippen LogP contribution in [0, 0.1) is 10.1 Å². The van der Waals surface area contributed by atoms with Crippen molar-refractivity contribution in [2.75, 3.05) is 6.54 Å². The molecule has 0 aliphatic carbocycles.